The van der Waals surface area contributed by atoms with Crippen molar-refractivity contribution in [2.24, 2.45) is 11.8 Å². The fourth-order valence-corrected chi connectivity index (χ4v) is 5.24. The molecule has 220 valence electrons. The first-order chi connectivity index (χ1) is 19.7. The predicted molar refractivity (Wildman–Crippen MR) is 143 cm³/mol. The normalized spacial score (nSPS) is 26.4. The van der Waals surface area contributed by atoms with Crippen molar-refractivity contribution in [1.82, 2.24) is 34.6 Å². The minimum Gasteiger partial charge on any atom is -0.448 e. The van der Waals surface area contributed by atoms with Gasteiger partial charge in [0.05, 0.1) is 12.2 Å². The van der Waals surface area contributed by atoms with E-state index in [0.29, 0.717) is 32.6 Å². The molecule has 3 aliphatic heterocycles. The summed E-state index contributed by atoms with van der Waals surface area (Å²) >= 11 is 0. The van der Waals surface area contributed by atoms with Gasteiger partial charge in [-0.1, -0.05) is 5.92 Å². The SMILES string of the molecule is CCNC(=O)[C@H]1O[C@@H](n2cnc3c(N)nc(C#CCC4CCN(C(=O)OCC5CN(C)C5=O)CC4)nc32)[C@H](O)[C@@H]1O. The molecule has 2 aromatic rings. The first-order valence-corrected chi connectivity index (χ1v) is 13.6. The summed E-state index contributed by atoms with van der Waals surface area (Å²) < 4.78 is 12.4. The molecule has 2 aromatic heterocycles. The molecule has 0 radical (unpaired) electrons. The Bertz CT molecular complexity index is 1380. The van der Waals surface area contributed by atoms with E-state index in [9.17, 15) is 24.6 Å². The number of nitrogens with one attached hydrogen (secondary N) is 1. The number of hydrogen-bond acceptors (Lipinski definition) is 11. The predicted octanol–water partition coefficient (Wildman–Crippen LogP) is -1.16. The smallest absolute Gasteiger partial charge is 0.409 e. The third kappa shape index (κ3) is 5.76. The van der Waals surface area contributed by atoms with Crippen molar-refractivity contribution in [3.05, 3.63) is 12.2 Å². The highest BCUT2D eigenvalue weighted by Gasteiger charge is 2.47. The summed E-state index contributed by atoms with van der Waals surface area (Å²) in [6.07, 6.45) is -2.18. The van der Waals surface area contributed by atoms with Gasteiger partial charge in [0.2, 0.25) is 11.7 Å². The maximum absolute atomic E-state index is 12.4. The minimum absolute atomic E-state index is 0.00206. The van der Waals surface area contributed by atoms with Crippen LogP contribution in [0.5, 0.6) is 0 Å². The number of β-lactam (4-membered cyclic amide) rings is 1. The number of nitrogen functional groups attached to an aromatic ring is 1. The highest BCUT2D eigenvalue weighted by molar-refractivity contribution is 5.85. The molecule has 15 nitrogen and oxygen atoms in total. The Morgan fingerprint density at radius 1 is 1.24 bits per heavy atom. The van der Waals surface area contributed by atoms with Gasteiger partial charge in [-0.15, -0.1) is 0 Å². The van der Waals surface area contributed by atoms with Gasteiger partial charge in [0.25, 0.3) is 5.91 Å². The number of nitrogens with zero attached hydrogens (tertiary/aromatic N) is 6. The number of aliphatic hydroxyl groups excluding tert-OH is 2. The number of aliphatic hydroxyl groups is 2. The van der Waals surface area contributed by atoms with Gasteiger partial charge in [-0.25, -0.2) is 19.7 Å². The minimum atomic E-state index is -1.44. The molecule has 5 atom stereocenters. The van der Waals surface area contributed by atoms with Crippen LogP contribution in [0.3, 0.4) is 0 Å². The Morgan fingerprint density at radius 2 is 2.00 bits per heavy atom. The summed E-state index contributed by atoms with van der Waals surface area (Å²) in [7, 11) is 1.72. The van der Waals surface area contributed by atoms with E-state index in [0.717, 1.165) is 12.8 Å². The van der Waals surface area contributed by atoms with Crippen LogP contribution in [0.15, 0.2) is 6.33 Å². The van der Waals surface area contributed by atoms with Gasteiger partial charge in [-0.05, 0) is 31.6 Å². The molecule has 0 saturated carbocycles. The molecular formula is C26H34N8O7. The molecule has 0 aromatic carbocycles. The molecule has 41 heavy (non-hydrogen) atoms. The number of likely N-dealkylation sites (N-methyl/N-ethyl adjacent to an activating group) is 1. The molecule has 3 fully saturated rings. The van der Waals surface area contributed by atoms with Crippen LogP contribution < -0.4 is 11.1 Å². The fourth-order valence-electron chi connectivity index (χ4n) is 5.24. The number of carbonyl (C=O) groups excluding carboxylic acids is 3. The second-order valence-electron chi connectivity index (χ2n) is 10.5. The quantitative estimate of drug-likeness (QED) is 0.241. The standard InChI is InChI=1S/C26H34N8O7/c1-3-28-23(37)20-18(35)19(36)25(41-20)34-13-29-17-21(27)30-16(31-22(17)34)6-4-5-14-7-9-33(10-8-14)26(39)40-12-15-11-32(2)24(15)38/h13-15,18-20,25,35-36H,3,5,7-12H2,1-2H3,(H,28,37)(H2,27,30,31)/t15?,18-,19+,20-,25+/m0/s1. The molecule has 0 aliphatic carbocycles. The van der Waals surface area contributed by atoms with E-state index in [2.05, 4.69) is 32.1 Å². The second-order valence-corrected chi connectivity index (χ2v) is 10.5. The third-order valence-electron chi connectivity index (χ3n) is 7.66. The van der Waals surface area contributed by atoms with E-state index in [1.165, 1.54) is 10.9 Å². The molecule has 1 unspecified atom stereocenters. The number of ether oxygens (including phenoxy) is 2. The number of nitrogens with two attached hydrogens (primary N) is 1. The maximum Gasteiger partial charge on any atom is 0.409 e. The van der Waals surface area contributed by atoms with E-state index in [1.807, 2.05) is 0 Å². The van der Waals surface area contributed by atoms with Crippen molar-refractivity contribution >= 4 is 34.9 Å². The molecule has 5 rings (SSSR count). The number of likely N-dealkylation sites (tertiary alicyclic amines) is 2. The van der Waals surface area contributed by atoms with Crippen LogP contribution in [0.4, 0.5) is 10.6 Å². The number of imidazole rings is 1. The fraction of sp³-hybridized carbons (Fsp3) is 0.615. The van der Waals surface area contributed by atoms with Crippen LogP contribution in [0.1, 0.15) is 38.2 Å². The van der Waals surface area contributed by atoms with Crippen LogP contribution in [-0.4, -0.2) is 116 Å². The number of anilines is 1. The molecule has 3 amide bonds. The summed E-state index contributed by atoms with van der Waals surface area (Å²) in [4.78, 5) is 52.4. The van der Waals surface area contributed by atoms with Crippen molar-refractivity contribution in [1.29, 1.82) is 0 Å². The van der Waals surface area contributed by atoms with E-state index in [1.54, 1.807) is 23.8 Å². The van der Waals surface area contributed by atoms with Crippen molar-refractivity contribution in [3.63, 3.8) is 0 Å². The average molecular weight is 571 g/mol. The van der Waals surface area contributed by atoms with Crippen LogP contribution in [0.25, 0.3) is 11.2 Å². The highest BCUT2D eigenvalue weighted by atomic mass is 16.6. The Kier molecular flexibility index (Phi) is 8.25. The van der Waals surface area contributed by atoms with E-state index < -0.39 is 36.5 Å². The number of carbonyl (C=O) groups is 3. The van der Waals surface area contributed by atoms with Gasteiger partial charge >= 0.3 is 6.09 Å². The number of piperidine rings is 1. The van der Waals surface area contributed by atoms with Crippen molar-refractivity contribution in [3.8, 4) is 11.8 Å². The van der Waals surface area contributed by atoms with Crippen LogP contribution in [0, 0.1) is 23.7 Å². The lowest BCUT2D eigenvalue weighted by Crippen LogP contribution is -2.52. The zero-order valence-corrected chi connectivity index (χ0v) is 22.9. The summed E-state index contributed by atoms with van der Waals surface area (Å²) in [5.41, 5.74) is 6.61. The molecular weight excluding hydrogens is 536 g/mol. The van der Waals surface area contributed by atoms with Gasteiger partial charge in [-0.3, -0.25) is 14.2 Å². The topological polar surface area (TPSA) is 198 Å². The molecule has 5 heterocycles. The zero-order chi connectivity index (χ0) is 29.3. The van der Waals surface area contributed by atoms with E-state index in [4.69, 9.17) is 15.2 Å². The largest absolute Gasteiger partial charge is 0.448 e. The van der Waals surface area contributed by atoms with E-state index >= 15 is 0 Å². The van der Waals surface area contributed by atoms with Gasteiger partial charge < -0.3 is 40.5 Å². The monoisotopic (exact) mass is 570 g/mol. The molecule has 3 aliphatic rings. The maximum atomic E-state index is 12.4. The second kappa shape index (κ2) is 11.9. The van der Waals surface area contributed by atoms with Crippen LogP contribution in [0.2, 0.25) is 0 Å². The van der Waals surface area contributed by atoms with Crippen molar-refractivity contribution in [2.75, 3.05) is 45.6 Å². The Morgan fingerprint density at radius 3 is 2.68 bits per heavy atom. The highest BCUT2D eigenvalue weighted by Crippen LogP contribution is 2.32. The van der Waals surface area contributed by atoms with Crippen LogP contribution in [-0.2, 0) is 19.1 Å². The zero-order valence-electron chi connectivity index (χ0n) is 22.9. The first-order valence-electron chi connectivity index (χ1n) is 13.6. The van der Waals surface area contributed by atoms with Gasteiger partial charge in [0, 0.05) is 39.6 Å². The number of hydrogen-bond donors (Lipinski definition) is 4. The number of rotatable bonds is 6. The van der Waals surface area contributed by atoms with Gasteiger partial charge in [0.15, 0.2) is 23.8 Å². The number of aromatic nitrogens is 4. The van der Waals surface area contributed by atoms with E-state index in [-0.39, 0.29) is 47.2 Å². The summed E-state index contributed by atoms with van der Waals surface area (Å²) in [5, 5.41) is 23.5. The molecule has 15 heteroatoms. The van der Waals surface area contributed by atoms with Crippen molar-refractivity contribution < 1.29 is 34.1 Å². The molecule has 0 bridgehead atoms. The lowest BCUT2D eigenvalue weighted by Gasteiger charge is -2.36. The first kappa shape index (κ1) is 28.5. The lowest BCUT2D eigenvalue weighted by molar-refractivity contribution is -0.147. The Hall–Kier alpha value is -4.00. The van der Waals surface area contributed by atoms with Gasteiger partial charge in [-0.2, -0.15) is 0 Å². The molecule has 5 N–H and O–H groups in total. The lowest BCUT2D eigenvalue weighted by atomic mass is 9.94. The Balaban J connectivity index is 1.18. The average Bonchev–Trinajstić information content (AvgIpc) is 3.51. The van der Waals surface area contributed by atoms with Crippen LogP contribution >= 0.6 is 0 Å². The number of amides is 3. The van der Waals surface area contributed by atoms with Crippen molar-refractivity contribution in [2.45, 2.75) is 50.7 Å². The molecule has 0 spiro atoms. The molecule has 3 saturated heterocycles. The third-order valence-corrected chi connectivity index (χ3v) is 7.66. The summed E-state index contributed by atoms with van der Waals surface area (Å²) in [6.45, 7) is 3.89. The summed E-state index contributed by atoms with van der Waals surface area (Å²) in [6, 6.07) is 0. The Labute approximate surface area is 236 Å². The summed E-state index contributed by atoms with van der Waals surface area (Å²) in [5.74, 6) is 5.77. The number of fused-ring (bicyclic) bond motifs is 1. The van der Waals surface area contributed by atoms with Gasteiger partial charge in [0.1, 0.15) is 24.3 Å².